The van der Waals surface area contributed by atoms with Crippen molar-refractivity contribution in [2.75, 3.05) is 13.2 Å². The molecule has 1 aromatic rings. The van der Waals surface area contributed by atoms with E-state index in [0.29, 0.717) is 25.3 Å². The molecule has 4 heteroatoms. The largest absolute Gasteiger partial charge is 0.483 e. The number of aliphatic hydroxyl groups is 1. The summed E-state index contributed by atoms with van der Waals surface area (Å²) in [6.07, 6.45) is 0.928. The zero-order valence-corrected chi connectivity index (χ0v) is 12.6. The number of aliphatic hydroxyl groups excluding tert-OH is 1. The first-order valence-corrected chi connectivity index (χ1v) is 7.21. The summed E-state index contributed by atoms with van der Waals surface area (Å²) in [5.74, 6) is 0.951. The molecule has 4 nitrogen and oxygen atoms in total. The minimum absolute atomic E-state index is 0.00591. The van der Waals surface area contributed by atoms with Gasteiger partial charge in [0.15, 0.2) is 6.61 Å². The summed E-state index contributed by atoms with van der Waals surface area (Å²) < 4.78 is 5.57. The summed E-state index contributed by atoms with van der Waals surface area (Å²) in [5.41, 5.74) is 1.10. The van der Waals surface area contributed by atoms with Crippen molar-refractivity contribution in [3.63, 3.8) is 0 Å². The van der Waals surface area contributed by atoms with E-state index in [1.165, 1.54) is 0 Å². The van der Waals surface area contributed by atoms with Gasteiger partial charge in [-0.3, -0.25) is 4.79 Å². The molecule has 0 saturated heterocycles. The summed E-state index contributed by atoms with van der Waals surface area (Å²) in [7, 11) is 0. The van der Waals surface area contributed by atoms with Crippen molar-refractivity contribution < 1.29 is 14.6 Å². The van der Waals surface area contributed by atoms with Crippen LogP contribution in [-0.4, -0.2) is 30.3 Å². The number of ether oxygens (including phenoxy) is 1. The first-order chi connectivity index (χ1) is 9.54. The highest BCUT2D eigenvalue weighted by molar-refractivity contribution is 5.77. The predicted octanol–water partition coefficient (Wildman–Crippen LogP) is 2.47. The van der Waals surface area contributed by atoms with E-state index in [0.717, 1.165) is 11.3 Å². The lowest BCUT2D eigenvalue weighted by Crippen LogP contribution is -2.31. The fourth-order valence-corrected chi connectivity index (χ4v) is 1.87. The molecule has 2 N–H and O–H groups in total. The average Bonchev–Trinajstić information content (AvgIpc) is 2.45. The first kappa shape index (κ1) is 16.5. The third kappa shape index (κ3) is 5.61. The van der Waals surface area contributed by atoms with Crippen molar-refractivity contribution >= 4 is 5.91 Å². The second-order valence-corrected chi connectivity index (χ2v) is 5.18. The molecule has 1 amide bonds. The van der Waals surface area contributed by atoms with Gasteiger partial charge in [0.2, 0.25) is 0 Å². The van der Waals surface area contributed by atoms with Crippen LogP contribution in [0.25, 0.3) is 0 Å². The van der Waals surface area contributed by atoms with Gasteiger partial charge in [0.05, 0.1) is 6.10 Å². The Labute approximate surface area is 121 Å². The van der Waals surface area contributed by atoms with Crippen LogP contribution in [-0.2, 0) is 4.79 Å². The molecule has 0 fully saturated rings. The van der Waals surface area contributed by atoms with Crippen LogP contribution in [0.15, 0.2) is 24.3 Å². The van der Waals surface area contributed by atoms with Crippen LogP contribution in [0.3, 0.4) is 0 Å². The Morgan fingerprint density at radius 2 is 2.05 bits per heavy atom. The number of carbonyl (C=O) groups is 1. The summed E-state index contributed by atoms with van der Waals surface area (Å²) in [4.78, 5) is 11.6. The molecular formula is C16H25NO3. The minimum atomic E-state index is -0.349. The Kier molecular flexibility index (Phi) is 7.09. The van der Waals surface area contributed by atoms with Crippen LogP contribution < -0.4 is 10.1 Å². The molecule has 0 bridgehead atoms. The third-order valence-electron chi connectivity index (χ3n) is 3.17. The summed E-state index contributed by atoms with van der Waals surface area (Å²) in [6.45, 7) is 6.58. The maximum atomic E-state index is 11.6. The molecule has 0 radical (unpaired) electrons. The Bertz CT molecular complexity index is 418. The second-order valence-electron chi connectivity index (χ2n) is 5.18. The van der Waals surface area contributed by atoms with Gasteiger partial charge in [0.1, 0.15) is 5.75 Å². The molecule has 1 aromatic carbocycles. The van der Waals surface area contributed by atoms with Gasteiger partial charge >= 0.3 is 0 Å². The molecule has 0 aliphatic heterocycles. The third-order valence-corrected chi connectivity index (χ3v) is 3.17. The van der Waals surface area contributed by atoms with Gasteiger partial charge in [-0.1, -0.05) is 39.0 Å². The molecule has 1 atom stereocenters. The Morgan fingerprint density at radius 3 is 2.70 bits per heavy atom. The maximum absolute atomic E-state index is 11.6. The highest BCUT2D eigenvalue weighted by atomic mass is 16.5. The van der Waals surface area contributed by atoms with E-state index in [4.69, 9.17) is 4.74 Å². The van der Waals surface area contributed by atoms with Gasteiger partial charge in [-0.15, -0.1) is 0 Å². The monoisotopic (exact) mass is 279 g/mol. The van der Waals surface area contributed by atoms with Crippen LogP contribution in [0.2, 0.25) is 0 Å². The van der Waals surface area contributed by atoms with Crippen LogP contribution >= 0.6 is 0 Å². The van der Waals surface area contributed by atoms with E-state index in [-0.39, 0.29) is 18.6 Å². The lowest BCUT2D eigenvalue weighted by Gasteiger charge is -2.14. The molecular weight excluding hydrogens is 254 g/mol. The molecule has 1 unspecified atom stereocenters. The van der Waals surface area contributed by atoms with E-state index in [1.807, 2.05) is 31.2 Å². The number of hydrogen-bond acceptors (Lipinski definition) is 3. The smallest absolute Gasteiger partial charge is 0.257 e. The lowest BCUT2D eigenvalue weighted by atomic mass is 10.0. The fraction of sp³-hybridized carbons (Fsp3) is 0.562. The molecule has 112 valence electrons. The SMILES string of the molecule is CCC(O)CCNC(=O)COc1ccccc1C(C)C. The Hall–Kier alpha value is -1.55. The highest BCUT2D eigenvalue weighted by Crippen LogP contribution is 2.25. The number of benzene rings is 1. The predicted molar refractivity (Wildman–Crippen MR) is 80.0 cm³/mol. The van der Waals surface area contributed by atoms with Crippen molar-refractivity contribution in [3.05, 3.63) is 29.8 Å². The number of para-hydroxylation sites is 1. The second kappa shape index (κ2) is 8.59. The Morgan fingerprint density at radius 1 is 1.35 bits per heavy atom. The fourth-order valence-electron chi connectivity index (χ4n) is 1.87. The van der Waals surface area contributed by atoms with Crippen LogP contribution in [0.1, 0.15) is 45.1 Å². The summed E-state index contributed by atoms with van der Waals surface area (Å²) >= 11 is 0. The van der Waals surface area contributed by atoms with Crippen molar-refractivity contribution in [1.82, 2.24) is 5.32 Å². The number of carbonyl (C=O) groups excluding carboxylic acids is 1. The number of nitrogens with one attached hydrogen (secondary N) is 1. The van der Waals surface area contributed by atoms with Crippen molar-refractivity contribution in [3.8, 4) is 5.75 Å². The van der Waals surface area contributed by atoms with Crippen molar-refractivity contribution in [2.24, 2.45) is 0 Å². The van der Waals surface area contributed by atoms with E-state index < -0.39 is 0 Å². The van der Waals surface area contributed by atoms with Crippen LogP contribution in [0.5, 0.6) is 5.75 Å². The van der Waals surface area contributed by atoms with Gasteiger partial charge in [0.25, 0.3) is 5.91 Å². The van der Waals surface area contributed by atoms with Gasteiger partial charge in [0, 0.05) is 6.54 Å². The van der Waals surface area contributed by atoms with E-state index in [9.17, 15) is 9.90 Å². The lowest BCUT2D eigenvalue weighted by molar-refractivity contribution is -0.123. The van der Waals surface area contributed by atoms with E-state index >= 15 is 0 Å². The molecule has 0 spiro atoms. The molecule has 0 aliphatic rings. The Balaban J connectivity index is 2.38. The first-order valence-electron chi connectivity index (χ1n) is 7.21. The van der Waals surface area contributed by atoms with E-state index in [2.05, 4.69) is 19.2 Å². The quantitative estimate of drug-likeness (QED) is 0.768. The molecule has 0 aliphatic carbocycles. The van der Waals surface area contributed by atoms with Gasteiger partial charge in [-0.25, -0.2) is 0 Å². The minimum Gasteiger partial charge on any atom is -0.483 e. The van der Waals surface area contributed by atoms with Crippen molar-refractivity contribution in [1.29, 1.82) is 0 Å². The van der Waals surface area contributed by atoms with Gasteiger partial charge in [-0.2, -0.15) is 0 Å². The molecule has 0 heterocycles. The molecule has 0 saturated carbocycles. The van der Waals surface area contributed by atoms with E-state index in [1.54, 1.807) is 0 Å². The number of rotatable bonds is 8. The number of amides is 1. The molecule has 0 aromatic heterocycles. The zero-order chi connectivity index (χ0) is 15.0. The highest BCUT2D eigenvalue weighted by Gasteiger charge is 2.09. The molecule has 1 rings (SSSR count). The standard InChI is InChI=1S/C16H25NO3/c1-4-13(18)9-10-17-16(19)11-20-15-8-6-5-7-14(15)12(2)3/h5-8,12-13,18H,4,9-11H2,1-3H3,(H,17,19). The van der Waals surface area contributed by atoms with Gasteiger partial charge < -0.3 is 15.2 Å². The van der Waals surface area contributed by atoms with Crippen LogP contribution in [0, 0.1) is 0 Å². The topological polar surface area (TPSA) is 58.6 Å². The summed E-state index contributed by atoms with van der Waals surface area (Å²) in [6, 6.07) is 7.75. The number of hydrogen-bond donors (Lipinski definition) is 2. The van der Waals surface area contributed by atoms with Gasteiger partial charge in [-0.05, 0) is 30.4 Å². The molecule has 20 heavy (non-hydrogen) atoms. The maximum Gasteiger partial charge on any atom is 0.257 e. The zero-order valence-electron chi connectivity index (χ0n) is 12.6. The summed E-state index contributed by atoms with van der Waals surface area (Å²) in [5, 5.41) is 12.1. The normalized spacial score (nSPS) is 12.2. The average molecular weight is 279 g/mol. The van der Waals surface area contributed by atoms with Crippen LogP contribution in [0.4, 0.5) is 0 Å². The van der Waals surface area contributed by atoms with Crippen molar-refractivity contribution in [2.45, 2.75) is 45.6 Å².